The van der Waals surface area contributed by atoms with Gasteiger partial charge in [0.05, 0.1) is 12.3 Å². The predicted octanol–water partition coefficient (Wildman–Crippen LogP) is 3.23. The number of guanidine groups is 1. The summed E-state index contributed by atoms with van der Waals surface area (Å²) >= 11 is 1.77. The Hall–Kier alpha value is -0.390. The highest BCUT2D eigenvalue weighted by molar-refractivity contribution is 14.0. The third kappa shape index (κ3) is 7.86. The lowest BCUT2D eigenvalue weighted by Crippen LogP contribution is -2.50. The standard InChI is InChI=1S/C18H32N4O2S2.HI/c1-4-13-26(23,24)22-10-8-16(9-11-22)21-18(19-5-2)20-14-15(3)17-7-6-12-25-17;/h6-7,12,15-16H,4-5,8-11,13-14H2,1-3H3,(H2,19,20,21);1H. The Labute approximate surface area is 185 Å². The largest absolute Gasteiger partial charge is 0.357 e. The fraction of sp³-hybridized carbons (Fsp3) is 0.722. The molecule has 2 rings (SSSR count). The molecular formula is C18H33IN4O2S2. The first-order valence-electron chi connectivity index (χ1n) is 9.52. The van der Waals surface area contributed by atoms with Crippen LogP contribution in [0.4, 0.5) is 0 Å². The van der Waals surface area contributed by atoms with Crippen LogP contribution in [0.3, 0.4) is 0 Å². The molecule has 1 aromatic heterocycles. The van der Waals surface area contributed by atoms with Gasteiger partial charge in [0, 0.05) is 36.5 Å². The minimum Gasteiger partial charge on any atom is -0.357 e. The van der Waals surface area contributed by atoms with Crippen molar-refractivity contribution in [2.24, 2.45) is 4.99 Å². The van der Waals surface area contributed by atoms with Crippen molar-refractivity contribution in [3.05, 3.63) is 22.4 Å². The highest BCUT2D eigenvalue weighted by Gasteiger charge is 2.27. The molecule has 1 fully saturated rings. The monoisotopic (exact) mass is 528 g/mol. The highest BCUT2D eigenvalue weighted by atomic mass is 127. The second kappa shape index (κ2) is 12.2. The number of aliphatic imine (C=N–C) groups is 1. The molecule has 1 saturated heterocycles. The maximum absolute atomic E-state index is 12.2. The van der Waals surface area contributed by atoms with Crippen LogP contribution in [-0.4, -0.2) is 56.7 Å². The van der Waals surface area contributed by atoms with Crippen LogP contribution in [0.15, 0.2) is 22.5 Å². The van der Waals surface area contributed by atoms with Crippen molar-refractivity contribution in [3.8, 4) is 0 Å². The average molecular weight is 529 g/mol. The molecule has 9 heteroatoms. The summed E-state index contributed by atoms with van der Waals surface area (Å²) in [5.74, 6) is 1.47. The zero-order valence-electron chi connectivity index (χ0n) is 16.5. The van der Waals surface area contributed by atoms with Crippen LogP contribution in [0.1, 0.15) is 50.8 Å². The quantitative estimate of drug-likeness (QED) is 0.309. The van der Waals surface area contributed by atoms with E-state index in [1.807, 2.05) is 6.92 Å². The van der Waals surface area contributed by atoms with Crippen LogP contribution in [-0.2, 0) is 10.0 Å². The van der Waals surface area contributed by atoms with Gasteiger partial charge in [-0.2, -0.15) is 0 Å². The van der Waals surface area contributed by atoms with Gasteiger partial charge in [0.2, 0.25) is 10.0 Å². The van der Waals surface area contributed by atoms with E-state index in [1.54, 1.807) is 15.6 Å². The van der Waals surface area contributed by atoms with Gasteiger partial charge in [0.15, 0.2) is 5.96 Å². The Balaban J connectivity index is 0.00000364. The third-order valence-electron chi connectivity index (χ3n) is 4.55. The molecule has 6 nitrogen and oxygen atoms in total. The number of hydrogen-bond donors (Lipinski definition) is 2. The van der Waals surface area contributed by atoms with Crippen LogP contribution in [0.25, 0.3) is 0 Å². The number of hydrogen-bond acceptors (Lipinski definition) is 4. The van der Waals surface area contributed by atoms with Crippen molar-refractivity contribution in [1.82, 2.24) is 14.9 Å². The molecule has 0 aliphatic carbocycles. The van der Waals surface area contributed by atoms with Gasteiger partial charge < -0.3 is 10.6 Å². The first-order chi connectivity index (χ1) is 12.5. The molecule has 1 atom stereocenters. The van der Waals surface area contributed by atoms with E-state index in [2.05, 4.69) is 42.0 Å². The molecule has 156 valence electrons. The van der Waals surface area contributed by atoms with Gasteiger partial charge in [-0.15, -0.1) is 35.3 Å². The first-order valence-corrected chi connectivity index (χ1v) is 12.0. The third-order valence-corrected chi connectivity index (χ3v) is 7.73. The molecule has 2 N–H and O–H groups in total. The van der Waals surface area contributed by atoms with Crippen LogP contribution in [0.5, 0.6) is 0 Å². The van der Waals surface area contributed by atoms with Gasteiger partial charge in [-0.05, 0) is 37.6 Å². The van der Waals surface area contributed by atoms with E-state index in [-0.39, 0.29) is 35.8 Å². The summed E-state index contributed by atoms with van der Waals surface area (Å²) in [5.41, 5.74) is 0. The molecule has 1 aromatic rings. The van der Waals surface area contributed by atoms with Crippen molar-refractivity contribution in [2.45, 2.75) is 52.0 Å². The maximum Gasteiger partial charge on any atom is 0.214 e. The lowest BCUT2D eigenvalue weighted by molar-refractivity contribution is 0.306. The maximum atomic E-state index is 12.2. The lowest BCUT2D eigenvalue weighted by atomic mass is 10.1. The van der Waals surface area contributed by atoms with Gasteiger partial charge >= 0.3 is 0 Å². The van der Waals surface area contributed by atoms with Gasteiger partial charge in [-0.3, -0.25) is 4.99 Å². The van der Waals surface area contributed by atoms with Crippen molar-refractivity contribution >= 4 is 51.3 Å². The molecule has 2 heterocycles. The summed E-state index contributed by atoms with van der Waals surface area (Å²) in [6.45, 7) is 8.87. The molecule has 1 unspecified atom stereocenters. The summed E-state index contributed by atoms with van der Waals surface area (Å²) in [7, 11) is -3.08. The highest BCUT2D eigenvalue weighted by Crippen LogP contribution is 2.20. The molecule has 0 radical (unpaired) electrons. The molecule has 0 amide bonds. The van der Waals surface area contributed by atoms with E-state index in [1.165, 1.54) is 4.88 Å². The first kappa shape index (κ1) is 24.6. The number of thiophene rings is 1. The Kier molecular flexibility index (Phi) is 11.2. The van der Waals surface area contributed by atoms with E-state index in [9.17, 15) is 8.42 Å². The van der Waals surface area contributed by atoms with Crippen LogP contribution >= 0.6 is 35.3 Å². The smallest absolute Gasteiger partial charge is 0.214 e. The Morgan fingerprint density at radius 2 is 2.07 bits per heavy atom. The van der Waals surface area contributed by atoms with E-state index >= 15 is 0 Å². The predicted molar refractivity (Wildman–Crippen MR) is 126 cm³/mol. The number of nitrogens with zero attached hydrogens (tertiary/aromatic N) is 2. The fourth-order valence-electron chi connectivity index (χ4n) is 3.07. The van der Waals surface area contributed by atoms with E-state index in [4.69, 9.17) is 4.99 Å². The molecule has 0 aromatic carbocycles. The molecule has 0 bridgehead atoms. The van der Waals surface area contributed by atoms with E-state index in [0.717, 1.165) is 31.9 Å². The van der Waals surface area contributed by atoms with Crippen LogP contribution in [0, 0.1) is 0 Å². The fourth-order valence-corrected chi connectivity index (χ4v) is 5.39. The Bertz CT molecular complexity index is 657. The van der Waals surface area contributed by atoms with Crippen molar-refractivity contribution in [1.29, 1.82) is 0 Å². The number of sulfonamides is 1. The SMILES string of the molecule is CCCS(=O)(=O)N1CCC(NC(=NCC(C)c2cccs2)NCC)CC1.I. The average Bonchev–Trinajstić information content (AvgIpc) is 3.15. The normalized spacial score (nSPS) is 18.0. The summed E-state index contributed by atoms with van der Waals surface area (Å²) in [5, 5.41) is 8.88. The summed E-state index contributed by atoms with van der Waals surface area (Å²) in [6, 6.07) is 4.49. The van der Waals surface area contributed by atoms with Crippen molar-refractivity contribution in [3.63, 3.8) is 0 Å². The van der Waals surface area contributed by atoms with Gasteiger partial charge in [-0.25, -0.2) is 12.7 Å². The molecule has 1 aliphatic heterocycles. The lowest BCUT2D eigenvalue weighted by Gasteiger charge is -2.32. The van der Waals surface area contributed by atoms with E-state index < -0.39 is 10.0 Å². The van der Waals surface area contributed by atoms with E-state index in [0.29, 0.717) is 25.4 Å². The molecule has 0 saturated carbocycles. The van der Waals surface area contributed by atoms with Gasteiger partial charge in [-0.1, -0.05) is 19.9 Å². The van der Waals surface area contributed by atoms with Crippen LogP contribution in [0.2, 0.25) is 0 Å². The van der Waals surface area contributed by atoms with Crippen molar-refractivity contribution in [2.75, 3.05) is 31.9 Å². The number of nitrogens with one attached hydrogen (secondary N) is 2. The Morgan fingerprint density at radius 1 is 1.37 bits per heavy atom. The zero-order chi connectivity index (χ0) is 19.0. The number of halogens is 1. The summed E-state index contributed by atoms with van der Waals surface area (Å²) in [4.78, 5) is 6.08. The molecule has 1 aliphatic rings. The van der Waals surface area contributed by atoms with Gasteiger partial charge in [0.25, 0.3) is 0 Å². The molecular weight excluding hydrogens is 495 g/mol. The number of rotatable bonds is 8. The summed E-state index contributed by atoms with van der Waals surface area (Å²) < 4.78 is 26.0. The molecule has 0 spiro atoms. The van der Waals surface area contributed by atoms with Gasteiger partial charge in [0.1, 0.15) is 0 Å². The zero-order valence-corrected chi connectivity index (χ0v) is 20.4. The second-order valence-electron chi connectivity index (χ2n) is 6.77. The van der Waals surface area contributed by atoms with Crippen LogP contribution < -0.4 is 10.6 Å². The second-order valence-corrected chi connectivity index (χ2v) is 9.84. The minimum atomic E-state index is -3.08. The Morgan fingerprint density at radius 3 is 2.63 bits per heavy atom. The minimum absolute atomic E-state index is 0. The van der Waals surface area contributed by atoms with Crippen molar-refractivity contribution < 1.29 is 8.42 Å². The molecule has 27 heavy (non-hydrogen) atoms. The topological polar surface area (TPSA) is 73.8 Å². The summed E-state index contributed by atoms with van der Waals surface area (Å²) in [6.07, 6.45) is 2.29. The number of piperidine rings is 1.